The molecule has 3 N–H and O–H groups in total. The number of hydrogen-bond donors (Lipinski definition) is 3. The highest BCUT2D eigenvalue weighted by atomic mass is 32.2. The van der Waals surface area contributed by atoms with Crippen LogP contribution in [0.4, 0.5) is 23.2 Å². The van der Waals surface area contributed by atoms with Crippen molar-refractivity contribution in [1.29, 1.82) is 0 Å². The minimum absolute atomic E-state index is 0.0906. The number of hydrogen-bond acceptors (Lipinski definition) is 5. The number of aryl methyl sites for hydroxylation is 1. The number of nitrogens with one attached hydrogen (secondary N) is 3. The highest BCUT2D eigenvalue weighted by Crippen LogP contribution is 2.27. The van der Waals surface area contributed by atoms with Gasteiger partial charge in [-0.05, 0) is 19.8 Å². The van der Waals surface area contributed by atoms with Crippen molar-refractivity contribution in [3.63, 3.8) is 0 Å². The number of likely N-dealkylation sites (N-methyl/N-ethyl adjacent to an activating group) is 1. The number of nitrogens with zero attached hydrogens (tertiary/aromatic N) is 2. The van der Waals surface area contributed by atoms with E-state index in [9.17, 15) is 36.0 Å². The zero-order valence-corrected chi connectivity index (χ0v) is 20.0. The molecule has 1 aromatic heterocycles. The van der Waals surface area contributed by atoms with Crippen molar-refractivity contribution in [2.75, 3.05) is 25.0 Å². The summed E-state index contributed by atoms with van der Waals surface area (Å²) in [6.07, 6.45) is 1.20. The fourth-order valence-electron chi connectivity index (χ4n) is 3.70. The molecule has 1 saturated heterocycles. The third-order valence-corrected chi connectivity index (χ3v) is 7.38. The van der Waals surface area contributed by atoms with Crippen LogP contribution in [0.25, 0.3) is 0 Å². The number of sulfonamides is 1. The second kappa shape index (κ2) is 10.7. The number of amides is 3. The second-order valence-electron chi connectivity index (χ2n) is 7.99. The lowest BCUT2D eigenvalue weighted by molar-refractivity contribution is -0.139. The highest BCUT2D eigenvalue weighted by Gasteiger charge is 2.35. The van der Waals surface area contributed by atoms with Gasteiger partial charge in [-0.2, -0.15) is 4.31 Å². The van der Waals surface area contributed by atoms with Crippen LogP contribution < -0.4 is 16.0 Å². The van der Waals surface area contributed by atoms with Gasteiger partial charge in [0.05, 0.1) is 0 Å². The predicted octanol–water partition coefficient (Wildman–Crippen LogP) is 1.24. The van der Waals surface area contributed by atoms with Gasteiger partial charge in [-0.1, -0.05) is 0 Å². The summed E-state index contributed by atoms with van der Waals surface area (Å²) in [5, 5.41) is 6.86. The Bertz CT molecular complexity index is 1280. The monoisotopic (exact) mass is 533 g/mol. The van der Waals surface area contributed by atoms with Crippen LogP contribution in [0.15, 0.2) is 23.2 Å². The lowest BCUT2D eigenvalue weighted by atomic mass is 10.1. The summed E-state index contributed by atoms with van der Waals surface area (Å²) in [7, 11) is -3.20. The first-order valence-electron chi connectivity index (χ1n) is 10.8. The van der Waals surface area contributed by atoms with E-state index in [1.807, 2.05) is 5.32 Å². The molecule has 15 heteroatoms. The van der Waals surface area contributed by atoms with E-state index >= 15 is 4.39 Å². The lowest BCUT2D eigenvalue weighted by Gasteiger charge is -2.31. The van der Waals surface area contributed by atoms with Crippen molar-refractivity contribution in [3.8, 4) is 0 Å². The van der Waals surface area contributed by atoms with E-state index < -0.39 is 73.3 Å². The topological polar surface area (TPSA) is 130 Å². The summed E-state index contributed by atoms with van der Waals surface area (Å²) in [4.78, 5) is 35.1. The van der Waals surface area contributed by atoms with Crippen molar-refractivity contribution in [2.24, 2.45) is 7.05 Å². The number of carbonyl (C=O) groups is 3. The molecule has 1 fully saturated rings. The molecule has 1 aromatic carbocycles. The SMILES string of the molecule is CCNC(=O)C(=O)NC1CCN(S(=O)(=O)c2cn(C)c(C(=O)Nc3cc(F)c(F)c(F)c3)c2F)CC1. The molecule has 1 aliphatic heterocycles. The summed E-state index contributed by atoms with van der Waals surface area (Å²) >= 11 is 0. The smallest absolute Gasteiger partial charge is 0.309 e. The van der Waals surface area contributed by atoms with Crippen LogP contribution in [-0.2, 0) is 26.7 Å². The highest BCUT2D eigenvalue weighted by molar-refractivity contribution is 7.89. The van der Waals surface area contributed by atoms with E-state index in [-0.39, 0.29) is 32.5 Å². The summed E-state index contributed by atoms with van der Waals surface area (Å²) in [6, 6.07) is 0.512. The van der Waals surface area contributed by atoms with Gasteiger partial charge in [0.1, 0.15) is 10.6 Å². The Morgan fingerprint density at radius 3 is 2.14 bits per heavy atom. The van der Waals surface area contributed by atoms with Gasteiger partial charge in [-0.3, -0.25) is 14.4 Å². The molecule has 196 valence electrons. The first-order valence-corrected chi connectivity index (χ1v) is 12.2. The van der Waals surface area contributed by atoms with E-state index in [0.717, 1.165) is 15.1 Å². The fraction of sp³-hybridized carbons (Fsp3) is 0.381. The molecule has 3 rings (SSSR count). The number of halogens is 4. The molecule has 3 amide bonds. The molecule has 1 aliphatic rings. The summed E-state index contributed by atoms with van der Waals surface area (Å²) < 4.78 is 83.1. The summed E-state index contributed by atoms with van der Waals surface area (Å²) in [5.74, 6) is -9.16. The van der Waals surface area contributed by atoms with Crippen molar-refractivity contribution >= 4 is 33.4 Å². The van der Waals surface area contributed by atoms with Crippen molar-refractivity contribution in [1.82, 2.24) is 19.5 Å². The Morgan fingerprint density at radius 1 is 1.00 bits per heavy atom. The summed E-state index contributed by atoms with van der Waals surface area (Å²) in [6.45, 7) is 1.73. The van der Waals surface area contributed by atoms with Crippen LogP contribution in [0.2, 0.25) is 0 Å². The number of piperidine rings is 1. The molecule has 0 spiro atoms. The van der Waals surface area contributed by atoms with E-state index in [1.165, 1.54) is 7.05 Å². The van der Waals surface area contributed by atoms with Crippen LogP contribution in [-0.4, -0.2) is 60.7 Å². The standard InChI is InChI=1S/C21H23F4N5O5S/c1-3-26-20(32)21(33)27-11-4-6-30(7-5-11)36(34,35)15-10-29(2)18(17(15)25)19(31)28-12-8-13(22)16(24)14(23)9-12/h8-11H,3-7H2,1-2H3,(H,26,32)(H,27,33)(H,28,31). The van der Waals surface area contributed by atoms with Crippen molar-refractivity contribution in [3.05, 3.63) is 47.3 Å². The van der Waals surface area contributed by atoms with Crippen LogP contribution in [0.1, 0.15) is 30.3 Å². The van der Waals surface area contributed by atoms with Crippen molar-refractivity contribution in [2.45, 2.75) is 30.7 Å². The molecular formula is C21H23F4N5O5S. The van der Waals surface area contributed by atoms with Crippen LogP contribution in [0.3, 0.4) is 0 Å². The zero-order chi connectivity index (χ0) is 26.8. The van der Waals surface area contributed by atoms with Gasteiger partial charge in [0.25, 0.3) is 5.91 Å². The molecule has 0 saturated carbocycles. The molecule has 0 bridgehead atoms. The predicted molar refractivity (Wildman–Crippen MR) is 118 cm³/mol. The Kier molecular flexibility index (Phi) is 8.03. The average molecular weight is 534 g/mol. The number of carbonyl (C=O) groups excluding carboxylic acids is 3. The van der Waals surface area contributed by atoms with E-state index in [1.54, 1.807) is 6.92 Å². The number of anilines is 1. The molecule has 10 nitrogen and oxygen atoms in total. The first-order chi connectivity index (χ1) is 16.9. The number of benzene rings is 1. The minimum atomic E-state index is -4.40. The van der Waals surface area contributed by atoms with E-state index in [4.69, 9.17) is 0 Å². The summed E-state index contributed by atoms with van der Waals surface area (Å²) in [5.41, 5.74) is -1.24. The van der Waals surface area contributed by atoms with Gasteiger partial charge < -0.3 is 20.5 Å². The molecule has 0 unspecified atom stereocenters. The average Bonchev–Trinajstić information content (AvgIpc) is 3.12. The van der Waals surface area contributed by atoms with Gasteiger partial charge in [0, 0.05) is 56.7 Å². The Labute approximate surface area is 203 Å². The number of aromatic nitrogens is 1. The third-order valence-electron chi connectivity index (χ3n) is 5.50. The van der Waals surface area contributed by atoms with Crippen LogP contribution >= 0.6 is 0 Å². The van der Waals surface area contributed by atoms with Crippen LogP contribution in [0, 0.1) is 23.3 Å². The number of rotatable bonds is 6. The van der Waals surface area contributed by atoms with Crippen LogP contribution in [0.5, 0.6) is 0 Å². The minimum Gasteiger partial charge on any atom is -0.348 e. The molecule has 36 heavy (non-hydrogen) atoms. The normalized spacial score (nSPS) is 14.9. The van der Waals surface area contributed by atoms with E-state index in [2.05, 4.69) is 10.6 Å². The quantitative estimate of drug-likeness (QED) is 0.292. The van der Waals surface area contributed by atoms with Gasteiger partial charge in [-0.25, -0.2) is 26.0 Å². The largest absolute Gasteiger partial charge is 0.348 e. The first kappa shape index (κ1) is 27.1. The third kappa shape index (κ3) is 5.51. The maximum Gasteiger partial charge on any atom is 0.309 e. The Balaban J connectivity index is 1.73. The van der Waals surface area contributed by atoms with E-state index in [0.29, 0.717) is 12.1 Å². The molecule has 2 heterocycles. The molecule has 0 radical (unpaired) electrons. The zero-order valence-electron chi connectivity index (χ0n) is 19.2. The maximum absolute atomic E-state index is 15.1. The molecule has 2 aromatic rings. The molecular weight excluding hydrogens is 510 g/mol. The van der Waals surface area contributed by atoms with Gasteiger partial charge in [0.2, 0.25) is 10.0 Å². The van der Waals surface area contributed by atoms with Gasteiger partial charge >= 0.3 is 11.8 Å². The Hall–Kier alpha value is -3.46. The maximum atomic E-state index is 15.1. The Morgan fingerprint density at radius 2 is 1.58 bits per heavy atom. The molecule has 0 atom stereocenters. The molecule has 0 aliphatic carbocycles. The lowest BCUT2D eigenvalue weighted by Crippen LogP contribution is -2.50. The second-order valence-corrected chi connectivity index (χ2v) is 9.89. The van der Waals surface area contributed by atoms with Gasteiger partial charge in [-0.15, -0.1) is 0 Å². The van der Waals surface area contributed by atoms with Crippen molar-refractivity contribution < 1.29 is 40.4 Å². The fourth-order valence-corrected chi connectivity index (χ4v) is 5.28. The van der Waals surface area contributed by atoms with Gasteiger partial charge in [0.15, 0.2) is 23.3 Å².